The van der Waals surface area contributed by atoms with Crippen molar-refractivity contribution in [1.29, 1.82) is 0 Å². The van der Waals surface area contributed by atoms with Crippen LogP contribution in [0.25, 0.3) is 11.0 Å². The van der Waals surface area contributed by atoms with Gasteiger partial charge in [-0.25, -0.2) is 4.98 Å². The van der Waals surface area contributed by atoms with Crippen LogP contribution in [-0.4, -0.2) is 28.7 Å². The number of hydrogen-bond acceptors (Lipinski definition) is 4. The molecule has 6 nitrogen and oxygen atoms in total. The van der Waals surface area contributed by atoms with Crippen molar-refractivity contribution in [3.05, 3.63) is 52.3 Å². The summed E-state index contributed by atoms with van der Waals surface area (Å²) in [6, 6.07) is 11.7. The summed E-state index contributed by atoms with van der Waals surface area (Å²) in [4.78, 5) is 17.2. The number of benzene rings is 2. The summed E-state index contributed by atoms with van der Waals surface area (Å²) in [5.41, 5.74) is 2.86. The number of aromatic nitrogens is 2. The highest BCUT2D eigenvalue weighted by Gasteiger charge is 2.15. The zero-order valence-electron chi connectivity index (χ0n) is 17.0. The first-order valence-corrected chi connectivity index (χ1v) is 10.6. The highest BCUT2D eigenvalue weighted by molar-refractivity contribution is 9.10. The van der Waals surface area contributed by atoms with Crippen molar-refractivity contribution in [1.82, 2.24) is 14.9 Å². The van der Waals surface area contributed by atoms with Gasteiger partial charge in [0.05, 0.1) is 37.2 Å². The summed E-state index contributed by atoms with van der Waals surface area (Å²) in [5.74, 6) is 2.09. The van der Waals surface area contributed by atoms with Gasteiger partial charge in [0.2, 0.25) is 5.91 Å². The number of aryl methyl sites for hydroxylation is 1. The van der Waals surface area contributed by atoms with E-state index in [1.54, 1.807) is 0 Å². The third kappa shape index (κ3) is 4.90. The lowest BCUT2D eigenvalue weighted by molar-refractivity contribution is -0.120. The van der Waals surface area contributed by atoms with Gasteiger partial charge in [-0.1, -0.05) is 28.1 Å². The van der Waals surface area contributed by atoms with E-state index in [1.165, 1.54) is 0 Å². The smallest absolute Gasteiger partial charge is 0.224 e. The van der Waals surface area contributed by atoms with Crippen LogP contribution >= 0.6 is 15.9 Å². The molecule has 0 unspecified atom stereocenters. The van der Waals surface area contributed by atoms with E-state index in [2.05, 4.69) is 37.7 Å². The van der Waals surface area contributed by atoms with Crippen LogP contribution in [0.2, 0.25) is 0 Å². The summed E-state index contributed by atoms with van der Waals surface area (Å²) in [6.07, 6.45) is 0.236. The van der Waals surface area contributed by atoms with E-state index in [1.807, 2.05) is 50.2 Å². The van der Waals surface area contributed by atoms with E-state index in [0.717, 1.165) is 33.4 Å². The molecule has 29 heavy (non-hydrogen) atoms. The van der Waals surface area contributed by atoms with Gasteiger partial charge in [0.1, 0.15) is 5.82 Å². The van der Waals surface area contributed by atoms with Crippen LogP contribution in [0, 0.1) is 0 Å². The summed E-state index contributed by atoms with van der Waals surface area (Å²) in [6.45, 7) is 8.18. The number of carbonyl (C=O) groups is 1. The van der Waals surface area contributed by atoms with E-state index in [0.29, 0.717) is 31.3 Å². The van der Waals surface area contributed by atoms with Gasteiger partial charge in [-0.15, -0.1) is 0 Å². The van der Waals surface area contributed by atoms with E-state index in [4.69, 9.17) is 9.47 Å². The molecule has 0 saturated carbocycles. The van der Waals surface area contributed by atoms with Gasteiger partial charge in [0.25, 0.3) is 0 Å². The molecule has 0 bridgehead atoms. The number of imidazole rings is 1. The molecular weight excluding hydrogens is 434 g/mol. The Hall–Kier alpha value is -2.54. The second-order valence-corrected chi connectivity index (χ2v) is 7.33. The predicted octanol–water partition coefficient (Wildman–Crippen LogP) is 4.48. The maximum atomic E-state index is 12.6. The predicted molar refractivity (Wildman–Crippen MR) is 117 cm³/mol. The first kappa shape index (κ1) is 21.2. The molecule has 1 N–H and O–H groups in total. The summed E-state index contributed by atoms with van der Waals surface area (Å²) < 4.78 is 14.2. The van der Waals surface area contributed by atoms with Crippen molar-refractivity contribution in [3.63, 3.8) is 0 Å². The molecule has 1 heterocycles. The lowest BCUT2D eigenvalue weighted by Gasteiger charge is -2.14. The molecular formula is C22H26BrN3O3. The number of amides is 1. The van der Waals surface area contributed by atoms with Gasteiger partial charge in [-0.05, 0) is 50.6 Å². The standard InChI is InChI=1S/C22H26BrN3O3/c1-4-26-18-10-8-7-9-17(18)25-21(26)14-24-22(27)12-15-11-19(28-5-2)20(29-6-3)13-16(15)23/h7-11,13H,4-6,12,14H2,1-3H3,(H,24,27). The zero-order chi connectivity index (χ0) is 20.8. The Labute approximate surface area is 179 Å². The molecule has 1 amide bonds. The number of fused-ring (bicyclic) bond motifs is 1. The Morgan fingerprint density at radius 3 is 2.48 bits per heavy atom. The second kappa shape index (κ2) is 9.78. The first-order chi connectivity index (χ1) is 14.1. The Morgan fingerprint density at radius 2 is 1.79 bits per heavy atom. The van der Waals surface area contributed by atoms with Crippen molar-refractivity contribution < 1.29 is 14.3 Å². The Bertz CT molecular complexity index is 1000. The van der Waals surface area contributed by atoms with Crippen molar-refractivity contribution in [2.24, 2.45) is 0 Å². The molecule has 1 aromatic heterocycles. The molecule has 0 radical (unpaired) electrons. The van der Waals surface area contributed by atoms with Crippen LogP contribution in [0.5, 0.6) is 11.5 Å². The number of ether oxygens (including phenoxy) is 2. The molecule has 154 valence electrons. The molecule has 0 spiro atoms. The van der Waals surface area contributed by atoms with Crippen LogP contribution in [0.1, 0.15) is 32.2 Å². The fourth-order valence-electron chi connectivity index (χ4n) is 3.28. The molecule has 7 heteroatoms. The number of para-hydroxylation sites is 2. The molecule has 0 fully saturated rings. The number of rotatable bonds is 9. The number of hydrogen-bond donors (Lipinski definition) is 1. The van der Waals surface area contributed by atoms with Gasteiger partial charge < -0.3 is 19.4 Å². The highest BCUT2D eigenvalue weighted by atomic mass is 79.9. The van der Waals surface area contributed by atoms with E-state index < -0.39 is 0 Å². The second-order valence-electron chi connectivity index (χ2n) is 6.47. The van der Waals surface area contributed by atoms with Crippen molar-refractivity contribution in [2.75, 3.05) is 13.2 Å². The van der Waals surface area contributed by atoms with Crippen LogP contribution < -0.4 is 14.8 Å². The molecule has 0 aliphatic rings. The Kier molecular flexibility index (Phi) is 7.14. The fourth-order valence-corrected chi connectivity index (χ4v) is 3.74. The minimum Gasteiger partial charge on any atom is -0.490 e. The van der Waals surface area contributed by atoms with Gasteiger partial charge in [0.15, 0.2) is 11.5 Å². The quantitative estimate of drug-likeness (QED) is 0.512. The van der Waals surface area contributed by atoms with Gasteiger partial charge >= 0.3 is 0 Å². The SMILES string of the molecule is CCOc1cc(Br)c(CC(=O)NCc2nc3ccccc3n2CC)cc1OCC. The summed E-state index contributed by atoms with van der Waals surface area (Å²) in [7, 11) is 0. The van der Waals surface area contributed by atoms with Gasteiger partial charge in [-0.3, -0.25) is 4.79 Å². The first-order valence-electron chi connectivity index (χ1n) is 9.86. The maximum absolute atomic E-state index is 12.6. The van der Waals surface area contributed by atoms with Crippen molar-refractivity contribution in [3.8, 4) is 11.5 Å². The maximum Gasteiger partial charge on any atom is 0.224 e. The lowest BCUT2D eigenvalue weighted by atomic mass is 10.1. The largest absolute Gasteiger partial charge is 0.490 e. The average Bonchev–Trinajstić information content (AvgIpc) is 3.07. The Morgan fingerprint density at radius 1 is 1.10 bits per heavy atom. The number of nitrogens with one attached hydrogen (secondary N) is 1. The van der Waals surface area contributed by atoms with E-state index in [9.17, 15) is 4.79 Å². The normalized spacial score (nSPS) is 10.9. The average molecular weight is 460 g/mol. The monoisotopic (exact) mass is 459 g/mol. The Balaban J connectivity index is 1.72. The van der Waals surface area contributed by atoms with Crippen LogP contribution in [-0.2, 0) is 24.3 Å². The molecule has 0 atom stereocenters. The molecule has 0 aliphatic carbocycles. The summed E-state index contributed by atoms with van der Waals surface area (Å²) in [5, 5.41) is 2.99. The molecule has 3 aromatic rings. The number of carbonyl (C=O) groups excluding carboxylic acids is 1. The number of nitrogens with zero attached hydrogens (tertiary/aromatic N) is 2. The van der Waals surface area contributed by atoms with Crippen molar-refractivity contribution >= 4 is 32.9 Å². The van der Waals surface area contributed by atoms with Gasteiger partial charge in [-0.2, -0.15) is 0 Å². The minimum atomic E-state index is -0.0768. The zero-order valence-corrected chi connectivity index (χ0v) is 18.6. The van der Waals surface area contributed by atoms with Crippen LogP contribution in [0.15, 0.2) is 40.9 Å². The minimum absolute atomic E-state index is 0.0768. The fraction of sp³-hybridized carbons (Fsp3) is 0.364. The lowest BCUT2D eigenvalue weighted by Crippen LogP contribution is -2.26. The van der Waals surface area contributed by atoms with Crippen molar-refractivity contribution in [2.45, 2.75) is 40.3 Å². The van der Waals surface area contributed by atoms with Gasteiger partial charge in [0, 0.05) is 11.0 Å². The summed E-state index contributed by atoms with van der Waals surface area (Å²) >= 11 is 3.54. The number of halogens is 1. The molecule has 3 rings (SSSR count). The topological polar surface area (TPSA) is 65.4 Å². The van der Waals surface area contributed by atoms with E-state index >= 15 is 0 Å². The third-order valence-electron chi connectivity index (χ3n) is 4.56. The van der Waals surface area contributed by atoms with Crippen LogP contribution in [0.4, 0.5) is 0 Å². The molecule has 0 saturated heterocycles. The van der Waals surface area contributed by atoms with Crippen LogP contribution in [0.3, 0.4) is 0 Å². The van der Waals surface area contributed by atoms with E-state index in [-0.39, 0.29) is 12.3 Å². The highest BCUT2D eigenvalue weighted by Crippen LogP contribution is 2.34. The molecule has 2 aromatic carbocycles. The third-order valence-corrected chi connectivity index (χ3v) is 5.30. The molecule has 0 aliphatic heterocycles.